The van der Waals surface area contributed by atoms with Crippen LogP contribution in [-0.4, -0.2) is 59.1 Å². The average molecular weight is 576 g/mol. The number of carbonyl (C=O) groups is 1. The number of fused-ring (bicyclic) bond motifs is 1. The number of rotatable bonds is 14. The maximum Gasteiger partial charge on any atom is 0.252 e. The number of hydrogen-bond donors (Lipinski definition) is 6. The van der Waals surface area contributed by atoms with Crippen molar-refractivity contribution in [2.24, 2.45) is 5.73 Å². The number of aromatic hydroxyl groups is 1. The smallest absolute Gasteiger partial charge is 0.252 e. The summed E-state index contributed by atoms with van der Waals surface area (Å²) in [7, 11) is 0. The molecule has 8 heteroatoms. The van der Waals surface area contributed by atoms with Crippen molar-refractivity contribution in [2.45, 2.75) is 64.3 Å². The van der Waals surface area contributed by atoms with Gasteiger partial charge < -0.3 is 36.4 Å². The average Bonchev–Trinajstić information content (AvgIpc) is 3.47. The van der Waals surface area contributed by atoms with E-state index in [9.17, 15) is 20.1 Å². The van der Waals surface area contributed by atoms with E-state index < -0.39 is 18.1 Å². The zero-order valence-corrected chi connectivity index (χ0v) is 24.8. The zero-order valence-electron chi connectivity index (χ0n) is 24.8. The van der Waals surface area contributed by atoms with Gasteiger partial charge in [-0.15, -0.1) is 0 Å². The number of allylic oxidation sites excluding steroid dienone is 1. The predicted octanol–water partition coefficient (Wildman–Crippen LogP) is 4.13. The molecule has 1 amide bonds. The Balaban J connectivity index is 0.000000240. The van der Waals surface area contributed by atoms with Gasteiger partial charge in [0.05, 0.1) is 11.7 Å². The molecule has 3 aromatic rings. The van der Waals surface area contributed by atoms with Gasteiger partial charge >= 0.3 is 0 Å². The minimum atomic E-state index is -0.775. The molecule has 0 fully saturated rings. The van der Waals surface area contributed by atoms with Crippen LogP contribution in [0.4, 0.5) is 0 Å². The summed E-state index contributed by atoms with van der Waals surface area (Å²) in [6, 6.07) is 21.3. The Kier molecular flexibility index (Phi) is 13.0. The highest BCUT2D eigenvalue weighted by molar-refractivity contribution is 5.95. The number of aliphatic hydroxyl groups excluding tert-OH is 2. The van der Waals surface area contributed by atoms with Crippen molar-refractivity contribution in [3.05, 3.63) is 101 Å². The fourth-order valence-corrected chi connectivity index (χ4v) is 4.52. The first-order valence-corrected chi connectivity index (χ1v) is 14.5. The molecule has 42 heavy (non-hydrogen) atoms. The van der Waals surface area contributed by atoms with Crippen LogP contribution in [-0.2, 0) is 12.8 Å². The summed E-state index contributed by atoms with van der Waals surface area (Å²) in [4.78, 5) is 11.2. The maximum atomic E-state index is 11.2. The van der Waals surface area contributed by atoms with Crippen molar-refractivity contribution >= 4 is 12.0 Å². The number of benzene rings is 3. The summed E-state index contributed by atoms with van der Waals surface area (Å²) < 4.78 is 5.70. The van der Waals surface area contributed by atoms with E-state index in [1.54, 1.807) is 6.07 Å². The molecule has 0 aromatic heterocycles. The molecule has 1 aliphatic carbocycles. The van der Waals surface area contributed by atoms with E-state index in [2.05, 4.69) is 61.8 Å². The van der Waals surface area contributed by atoms with E-state index in [1.165, 1.54) is 23.3 Å². The van der Waals surface area contributed by atoms with Crippen LogP contribution < -0.4 is 21.1 Å². The van der Waals surface area contributed by atoms with Gasteiger partial charge in [0.2, 0.25) is 0 Å². The third-order valence-electron chi connectivity index (χ3n) is 7.01. The molecular formula is C34H45N3O5. The number of amides is 1. The van der Waals surface area contributed by atoms with Gasteiger partial charge in [-0.05, 0) is 61.1 Å². The summed E-state index contributed by atoms with van der Waals surface area (Å²) in [6.07, 6.45) is 5.87. The van der Waals surface area contributed by atoms with Gasteiger partial charge in [-0.25, -0.2) is 0 Å². The van der Waals surface area contributed by atoms with E-state index in [4.69, 9.17) is 10.5 Å². The molecule has 226 valence electrons. The lowest BCUT2D eigenvalue weighted by molar-refractivity contribution is 0.0997. The lowest BCUT2D eigenvalue weighted by atomic mass is 10.0. The first-order valence-electron chi connectivity index (χ1n) is 14.5. The number of phenols is 1. The fraction of sp³-hybridized carbons (Fsp3) is 0.382. The molecule has 0 bridgehead atoms. The van der Waals surface area contributed by atoms with Crippen LogP contribution in [0.2, 0.25) is 0 Å². The van der Waals surface area contributed by atoms with Gasteiger partial charge in [-0.2, -0.15) is 0 Å². The Morgan fingerprint density at radius 1 is 0.976 bits per heavy atom. The van der Waals surface area contributed by atoms with Gasteiger partial charge in [-0.3, -0.25) is 4.79 Å². The Morgan fingerprint density at radius 3 is 2.45 bits per heavy atom. The lowest BCUT2D eigenvalue weighted by Crippen LogP contribution is -2.35. The highest BCUT2D eigenvalue weighted by Gasteiger charge is 2.15. The summed E-state index contributed by atoms with van der Waals surface area (Å²) in [5.41, 5.74) is 9.50. The number of hydrogen-bond acceptors (Lipinski definition) is 7. The summed E-state index contributed by atoms with van der Waals surface area (Å²) in [5.74, 6) is -0.0294. The Labute approximate surface area is 249 Å². The van der Waals surface area contributed by atoms with E-state index in [0.29, 0.717) is 31.3 Å². The monoisotopic (exact) mass is 575 g/mol. The molecule has 1 aliphatic rings. The summed E-state index contributed by atoms with van der Waals surface area (Å²) in [6.45, 7) is 7.43. The first-order chi connectivity index (χ1) is 20.1. The number of ether oxygens (including phenoxy) is 1. The van der Waals surface area contributed by atoms with Crippen LogP contribution in [0.1, 0.15) is 65.9 Å². The van der Waals surface area contributed by atoms with Crippen LogP contribution in [0.25, 0.3) is 6.08 Å². The van der Waals surface area contributed by atoms with Crippen molar-refractivity contribution in [1.29, 1.82) is 0 Å². The Morgan fingerprint density at radius 2 is 1.74 bits per heavy atom. The van der Waals surface area contributed by atoms with E-state index in [1.807, 2.05) is 30.3 Å². The molecule has 3 unspecified atom stereocenters. The lowest BCUT2D eigenvalue weighted by Gasteiger charge is -2.18. The predicted molar refractivity (Wildman–Crippen MR) is 168 cm³/mol. The van der Waals surface area contributed by atoms with Crippen LogP contribution in [0, 0.1) is 0 Å². The molecule has 0 spiro atoms. The summed E-state index contributed by atoms with van der Waals surface area (Å²) >= 11 is 0. The molecule has 3 aromatic carbocycles. The summed E-state index contributed by atoms with van der Waals surface area (Å²) in [5, 5.41) is 36.1. The van der Waals surface area contributed by atoms with Crippen LogP contribution in [0.5, 0.6) is 11.5 Å². The Hall–Kier alpha value is -3.69. The van der Waals surface area contributed by atoms with E-state index in [0.717, 1.165) is 30.6 Å². The third kappa shape index (κ3) is 10.6. The van der Waals surface area contributed by atoms with Crippen LogP contribution in [0.3, 0.4) is 0 Å². The zero-order chi connectivity index (χ0) is 30.5. The maximum absolute atomic E-state index is 11.2. The second kappa shape index (κ2) is 16.7. The van der Waals surface area contributed by atoms with Crippen LogP contribution >= 0.6 is 0 Å². The quantitative estimate of drug-likeness (QED) is 0.170. The number of nitrogens with two attached hydrogens (primary N) is 1. The number of carbonyl (C=O) groups excluding carboxylic acids is 1. The number of aryl methyl sites for hydroxylation is 1. The molecular weight excluding hydrogens is 530 g/mol. The third-order valence-corrected chi connectivity index (χ3v) is 7.01. The van der Waals surface area contributed by atoms with Crippen molar-refractivity contribution in [3.63, 3.8) is 0 Å². The first kappa shape index (κ1) is 32.8. The Bertz CT molecular complexity index is 1300. The van der Waals surface area contributed by atoms with E-state index in [-0.39, 0.29) is 17.4 Å². The number of nitrogens with one attached hydrogen (secondary N) is 2. The molecule has 0 saturated carbocycles. The van der Waals surface area contributed by atoms with Gasteiger partial charge in [0.25, 0.3) is 5.91 Å². The molecule has 0 aliphatic heterocycles. The second-order valence-corrected chi connectivity index (χ2v) is 11.0. The van der Waals surface area contributed by atoms with Crippen molar-refractivity contribution in [3.8, 4) is 11.5 Å². The molecule has 0 radical (unpaired) electrons. The molecule has 8 nitrogen and oxygen atoms in total. The molecule has 0 heterocycles. The molecule has 4 rings (SSSR count). The minimum Gasteiger partial charge on any atom is -0.507 e. The number of primary amides is 1. The molecule has 0 saturated heterocycles. The number of aliphatic hydroxyl groups is 2. The molecule has 7 N–H and O–H groups in total. The largest absolute Gasteiger partial charge is 0.507 e. The topological polar surface area (TPSA) is 137 Å². The van der Waals surface area contributed by atoms with Crippen LogP contribution in [0.15, 0.2) is 72.8 Å². The highest BCUT2D eigenvalue weighted by atomic mass is 16.5. The SMILES string of the molecule is CC(C)NCC(O)COc1cccc2c1C=CC2.CC(CCc1ccccc1)NCC(O)c1ccc(O)c(C(N)=O)c1. The van der Waals surface area contributed by atoms with Gasteiger partial charge in [0, 0.05) is 30.7 Å². The van der Waals surface area contributed by atoms with Gasteiger partial charge in [-0.1, -0.05) is 74.5 Å². The minimum absolute atomic E-state index is 0.0173. The van der Waals surface area contributed by atoms with Gasteiger partial charge in [0.1, 0.15) is 24.2 Å². The van der Waals surface area contributed by atoms with Crippen molar-refractivity contribution < 1.29 is 24.9 Å². The van der Waals surface area contributed by atoms with E-state index >= 15 is 0 Å². The fourth-order valence-electron chi connectivity index (χ4n) is 4.52. The van der Waals surface area contributed by atoms with Gasteiger partial charge in [0.15, 0.2) is 0 Å². The van der Waals surface area contributed by atoms with Crippen molar-refractivity contribution in [1.82, 2.24) is 10.6 Å². The standard InChI is InChI=1S/C19H24N2O3.C15H21NO2/c1-13(7-8-14-5-3-2-4-6-14)21-12-18(23)15-9-10-17(22)16(11-15)19(20)24;1-11(2)16-9-13(17)10-18-15-8-4-6-12-5-3-7-14(12)15/h2-6,9-11,13,18,21-23H,7-8,12H2,1H3,(H2,20,24);3-4,6-8,11,13,16-17H,5,9-10H2,1-2H3. The second-order valence-electron chi connectivity index (χ2n) is 11.0. The van der Waals surface area contributed by atoms with Crippen molar-refractivity contribution in [2.75, 3.05) is 19.7 Å². The normalized spacial score (nSPS) is 14.0. The molecule has 3 atom stereocenters. The highest BCUT2D eigenvalue weighted by Crippen LogP contribution is 2.29.